The number of benzene rings is 2. The van der Waals surface area contributed by atoms with Gasteiger partial charge in [0, 0.05) is 36.7 Å². The number of carbonyl (C=O) groups is 1. The Morgan fingerprint density at radius 2 is 1.95 bits per heavy atom. The van der Waals surface area contributed by atoms with E-state index in [0.717, 1.165) is 17.3 Å². The van der Waals surface area contributed by atoms with Crippen molar-refractivity contribution in [3.63, 3.8) is 0 Å². The number of ether oxygens (including phenoxy) is 1. The third kappa shape index (κ3) is 6.39. The lowest BCUT2D eigenvalue weighted by Crippen LogP contribution is -2.56. The molecule has 0 bridgehead atoms. The highest BCUT2D eigenvalue weighted by Gasteiger charge is 2.34. The van der Waals surface area contributed by atoms with Gasteiger partial charge >= 0.3 is 6.18 Å². The van der Waals surface area contributed by atoms with Crippen LogP contribution in [0.2, 0.25) is 0 Å². The monoisotopic (exact) mass is 514 g/mol. The third-order valence-electron chi connectivity index (χ3n) is 6.30. The van der Waals surface area contributed by atoms with Crippen molar-refractivity contribution in [2.24, 2.45) is 0 Å². The molecular weight excluding hydrogens is 485 g/mol. The Kier molecular flexibility index (Phi) is 8.30. The first-order chi connectivity index (χ1) is 17.8. The van der Waals surface area contributed by atoms with Crippen molar-refractivity contribution in [3.05, 3.63) is 78.5 Å². The van der Waals surface area contributed by atoms with E-state index in [2.05, 4.69) is 26.8 Å². The fourth-order valence-corrected chi connectivity index (χ4v) is 4.57. The van der Waals surface area contributed by atoms with Gasteiger partial charge in [0.05, 0.1) is 20.3 Å². The predicted octanol–water partition coefficient (Wildman–Crippen LogP) is 4.23. The fraction of sp³-hybridized carbons (Fsp3) is 0.333. The number of amides is 1. The second-order valence-corrected chi connectivity index (χ2v) is 8.76. The van der Waals surface area contributed by atoms with Gasteiger partial charge in [-0.25, -0.2) is 10.5 Å². The molecule has 0 spiro atoms. The highest BCUT2D eigenvalue weighted by molar-refractivity contribution is 5.96. The van der Waals surface area contributed by atoms with Gasteiger partial charge < -0.3 is 9.64 Å². The number of halogens is 3. The van der Waals surface area contributed by atoms with Crippen LogP contribution in [0, 0.1) is 0 Å². The van der Waals surface area contributed by atoms with E-state index < -0.39 is 11.9 Å². The molecule has 1 aliphatic rings. The molecule has 4 rings (SSSR count). The summed E-state index contributed by atoms with van der Waals surface area (Å²) in [5.41, 5.74) is 3.53. The first-order valence-electron chi connectivity index (χ1n) is 11.9. The molecule has 1 saturated heterocycles. The third-order valence-corrected chi connectivity index (χ3v) is 6.30. The first kappa shape index (κ1) is 26.4. The van der Waals surface area contributed by atoms with Crippen LogP contribution in [-0.2, 0) is 22.2 Å². The number of piperazine rings is 1. The van der Waals surface area contributed by atoms with Crippen LogP contribution in [0.1, 0.15) is 11.3 Å². The summed E-state index contributed by atoms with van der Waals surface area (Å²) in [6, 6.07) is 15.9. The van der Waals surface area contributed by atoms with Gasteiger partial charge in [-0.05, 0) is 36.2 Å². The minimum atomic E-state index is -4.56. The Morgan fingerprint density at radius 1 is 1.16 bits per heavy atom. The molecule has 3 aromatic rings. The van der Waals surface area contributed by atoms with Crippen LogP contribution in [0.25, 0.3) is 10.9 Å². The van der Waals surface area contributed by atoms with E-state index in [-0.39, 0.29) is 36.4 Å². The Bertz CT molecular complexity index is 1240. The molecule has 1 amide bonds. The van der Waals surface area contributed by atoms with Gasteiger partial charge in [0.1, 0.15) is 17.0 Å². The molecule has 1 fully saturated rings. The number of alkyl halides is 3. The number of aromatic nitrogens is 1. The maximum atomic E-state index is 13.3. The fourth-order valence-electron chi connectivity index (χ4n) is 4.57. The van der Waals surface area contributed by atoms with E-state index in [0.29, 0.717) is 31.4 Å². The lowest BCUT2D eigenvalue weighted by Gasteiger charge is -2.42. The number of fused-ring (bicyclic) bond motifs is 1. The van der Waals surface area contributed by atoms with E-state index >= 15 is 0 Å². The van der Waals surface area contributed by atoms with Gasteiger partial charge in [0.2, 0.25) is 0 Å². The molecule has 0 radical (unpaired) electrons. The normalized spacial score (nSPS) is 16.5. The molecule has 196 valence electrons. The Balaban J connectivity index is 1.62. The van der Waals surface area contributed by atoms with Gasteiger partial charge in [-0.15, -0.1) is 6.58 Å². The number of anilines is 1. The zero-order valence-corrected chi connectivity index (χ0v) is 20.5. The van der Waals surface area contributed by atoms with Crippen LogP contribution in [-0.4, -0.2) is 61.7 Å². The number of carbonyl (C=O) groups excluding carboxylic acids is 1. The first-order valence-corrected chi connectivity index (χ1v) is 11.9. The molecule has 10 heteroatoms. The summed E-state index contributed by atoms with van der Waals surface area (Å²) in [7, 11) is 1.41. The van der Waals surface area contributed by atoms with E-state index in [4.69, 9.17) is 9.57 Å². The highest BCUT2D eigenvalue weighted by atomic mass is 19.4. The molecule has 0 aliphatic carbocycles. The number of hydrogen-bond donors (Lipinski definition) is 1. The van der Waals surface area contributed by atoms with Crippen LogP contribution in [0.3, 0.4) is 0 Å². The van der Waals surface area contributed by atoms with Crippen molar-refractivity contribution in [1.82, 2.24) is 15.4 Å². The van der Waals surface area contributed by atoms with Crippen molar-refractivity contribution >= 4 is 22.5 Å². The molecule has 1 atom stereocenters. The number of methoxy groups -OCH3 is 1. The number of hydrogen-bond acceptors (Lipinski definition) is 6. The average molecular weight is 515 g/mol. The van der Waals surface area contributed by atoms with E-state index in [9.17, 15) is 18.0 Å². The Hall–Kier alpha value is -3.63. The van der Waals surface area contributed by atoms with Gasteiger partial charge in [-0.1, -0.05) is 36.4 Å². The average Bonchev–Trinajstić information content (AvgIpc) is 2.89. The highest BCUT2D eigenvalue weighted by Crippen LogP contribution is 2.37. The summed E-state index contributed by atoms with van der Waals surface area (Å²) in [6.07, 6.45) is -2.32. The lowest BCUT2D eigenvalue weighted by molar-refractivity contribution is -0.141. The molecule has 1 aliphatic heterocycles. The van der Waals surface area contributed by atoms with Crippen LogP contribution in [0.4, 0.5) is 18.9 Å². The molecule has 2 aromatic carbocycles. The summed E-state index contributed by atoms with van der Waals surface area (Å²) < 4.78 is 45.4. The smallest absolute Gasteiger partial charge is 0.433 e. The second-order valence-electron chi connectivity index (χ2n) is 8.76. The minimum absolute atomic E-state index is 0.0270. The quantitative estimate of drug-likeness (QED) is 0.262. The summed E-state index contributed by atoms with van der Waals surface area (Å²) in [4.78, 5) is 25.7. The van der Waals surface area contributed by atoms with Crippen molar-refractivity contribution in [1.29, 1.82) is 0 Å². The summed E-state index contributed by atoms with van der Waals surface area (Å²) in [5, 5.41) is 0.579. The summed E-state index contributed by atoms with van der Waals surface area (Å²) in [6.45, 7) is 5.65. The van der Waals surface area contributed by atoms with Crippen LogP contribution in [0.5, 0.6) is 5.75 Å². The Morgan fingerprint density at radius 3 is 2.65 bits per heavy atom. The van der Waals surface area contributed by atoms with Crippen LogP contribution < -0.4 is 15.1 Å². The van der Waals surface area contributed by atoms with Gasteiger partial charge in [-0.3, -0.25) is 14.5 Å². The number of nitrogens with zero attached hydrogens (tertiary/aromatic N) is 3. The topological polar surface area (TPSA) is 66.9 Å². The second kappa shape index (κ2) is 11.6. The molecule has 0 saturated carbocycles. The molecular formula is C27H29F3N4O3. The standard InChI is InChI=1S/C27H29F3N4O3/c1-3-15-37-32-25(35)18-33-13-14-34(17-20(33)16-19-7-5-4-6-8-19)22-10-11-23(36-2)26-21(22)9-12-24(31-26)27(28,29)30/h3-12,20H,1,13-18H2,2H3,(H,32,35). The van der Waals surface area contributed by atoms with Crippen molar-refractivity contribution in [2.75, 3.05) is 44.8 Å². The predicted molar refractivity (Wildman–Crippen MR) is 135 cm³/mol. The molecule has 1 aromatic heterocycles. The molecule has 7 nitrogen and oxygen atoms in total. The van der Waals surface area contributed by atoms with Gasteiger partial charge in [0.25, 0.3) is 5.91 Å². The van der Waals surface area contributed by atoms with Gasteiger partial charge in [0.15, 0.2) is 0 Å². The lowest BCUT2D eigenvalue weighted by atomic mass is 10.0. The number of hydroxylamine groups is 1. The Labute approximate surface area is 213 Å². The van der Waals surface area contributed by atoms with Crippen molar-refractivity contribution < 1.29 is 27.5 Å². The molecule has 37 heavy (non-hydrogen) atoms. The number of rotatable bonds is 9. The van der Waals surface area contributed by atoms with Crippen LogP contribution in [0.15, 0.2) is 67.3 Å². The number of pyridine rings is 1. The summed E-state index contributed by atoms with van der Waals surface area (Å²) >= 11 is 0. The minimum Gasteiger partial charge on any atom is -0.494 e. The molecule has 1 N–H and O–H groups in total. The van der Waals surface area contributed by atoms with E-state index in [1.54, 1.807) is 12.1 Å². The van der Waals surface area contributed by atoms with E-state index in [1.807, 2.05) is 36.4 Å². The molecule has 1 unspecified atom stereocenters. The van der Waals surface area contributed by atoms with Crippen molar-refractivity contribution in [2.45, 2.75) is 18.6 Å². The van der Waals surface area contributed by atoms with E-state index in [1.165, 1.54) is 13.2 Å². The zero-order valence-electron chi connectivity index (χ0n) is 20.5. The van der Waals surface area contributed by atoms with Gasteiger partial charge in [-0.2, -0.15) is 13.2 Å². The maximum absolute atomic E-state index is 13.3. The summed E-state index contributed by atoms with van der Waals surface area (Å²) in [5.74, 6) is 0.0210. The molecule has 2 heterocycles. The largest absolute Gasteiger partial charge is 0.494 e. The number of nitrogens with one attached hydrogen (secondary N) is 1. The van der Waals surface area contributed by atoms with Crippen molar-refractivity contribution in [3.8, 4) is 5.75 Å². The SMILES string of the molecule is C=CCONC(=O)CN1CCN(c2ccc(OC)c3nc(C(F)(F)F)ccc23)CC1Cc1ccccc1. The maximum Gasteiger partial charge on any atom is 0.433 e. The van der Waals surface area contributed by atoms with Crippen LogP contribution >= 0.6 is 0 Å². The zero-order chi connectivity index (χ0) is 26.4.